The molecule has 0 radical (unpaired) electrons. The summed E-state index contributed by atoms with van der Waals surface area (Å²) in [6, 6.07) is 13.2. The second-order valence-corrected chi connectivity index (χ2v) is 5.03. The van der Waals surface area contributed by atoms with Gasteiger partial charge in [-0.25, -0.2) is 0 Å². The predicted octanol–water partition coefficient (Wildman–Crippen LogP) is 3.74. The summed E-state index contributed by atoms with van der Waals surface area (Å²) in [7, 11) is 0. The van der Waals surface area contributed by atoms with Crippen LogP contribution in [0, 0.1) is 11.8 Å². The quantitative estimate of drug-likeness (QED) is 0.746. The number of halogens is 1. The van der Waals surface area contributed by atoms with E-state index in [0.29, 0.717) is 23.6 Å². The first-order chi connectivity index (χ1) is 9.74. The summed E-state index contributed by atoms with van der Waals surface area (Å²) in [5.74, 6) is 6.31. The van der Waals surface area contributed by atoms with Gasteiger partial charge >= 0.3 is 0 Å². The number of carbonyl (C=O) groups excluding carboxylic acids is 1. The summed E-state index contributed by atoms with van der Waals surface area (Å²) < 4.78 is 0. The van der Waals surface area contributed by atoms with E-state index in [9.17, 15) is 4.79 Å². The molecule has 1 N–H and O–H groups in total. The number of anilines is 1. The second-order valence-electron chi connectivity index (χ2n) is 4.59. The zero-order chi connectivity index (χ0) is 13.9. The molecular weight excluding hydrogens is 270 g/mol. The molecule has 3 heteroatoms. The van der Waals surface area contributed by atoms with Crippen LogP contribution in [-0.2, 0) is 0 Å². The summed E-state index contributed by atoms with van der Waals surface area (Å²) in [6.45, 7) is 0.646. The van der Waals surface area contributed by atoms with Crippen molar-refractivity contribution >= 4 is 23.1 Å². The Bertz CT molecular complexity index is 726. The molecule has 2 nitrogen and oxygen atoms in total. The molecule has 2 aromatic carbocycles. The van der Waals surface area contributed by atoms with Gasteiger partial charge in [-0.15, -0.1) is 0 Å². The third-order valence-corrected chi connectivity index (χ3v) is 3.39. The van der Waals surface area contributed by atoms with Crippen LogP contribution in [0.5, 0.6) is 0 Å². The number of Topliss-reactive ketones (excluding diaryl/α,β-unsaturated/α-hetero) is 1. The van der Waals surface area contributed by atoms with Crippen LogP contribution < -0.4 is 5.32 Å². The van der Waals surface area contributed by atoms with Crippen LogP contribution in [-0.4, -0.2) is 12.3 Å². The van der Waals surface area contributed by atoms with E-state index in [1.165, 1.54) is 0 Å². The average Bonchev–Trinajstić information content (AvgIpc) is 2.47. The van der Waals surface area contributed by atoms with Crippen LogP contribution >= 0.6 is 11.6 Å². The van der Waals surface area contributed by atoms with Gasteiger partial charge in [0.2, 0.25) is 0 Å². The number of carbonyl (C=O) groups is 1. The van der Waals surface area contributed by atoms with Crippen molar-refractivity contribution in [3.05, 3.63) is 64.2 Å². The fraction of sp³-hybridized carbons (Fsp3) is 0.118. The molecule has 0 spiro atoms. The van der Waals surface area contributed by atoms with Gasteiger partial charge in [0.1, 0.15) is 0 Å². The normalized spacial score (nSPS) is 12.9. The minimum atomic E-state index is 0.115. The van der Waals surface area contributed by atoms with E-state index in [-0.39, 0.29) is 5.78 Å². The van der Waals surface area contributed by atoms with Crippen molar-refractivity contribution in [1.82, 2.24) is 0 Å². The fourth-order valence-electron chi connectivity index (χ4n) is 2.21. The molecule has 1 aliphatic heterocycles. The molecule has 0 aliphatic carbocycles. The van der Waals surface area contributed by atoms with Gasteiger partial charge < -0.3 is 5.32 Å². The Morgan fingerprint density at radius 3 is 2.70 bits per heavy atom. The highest BCUT2D eigenvalue weighted by Crippen LogP contribution is 2.29. The molecule has 0 bridgehead atoms. The molecule has 0 atom stereocenters. The third kappa shape index (κ3) is 2.54. The number of rotatable bonds is 0. The minimum Gasteiger partial charge on any atom is -0.383 e. The average molecular weight is 282 g/mol. The first-order valence-corrected chi connectivity index (χ1v) is 6.79. The van der Waals surface area contributed by atoms with E-state index < -0.39 is 0 Å². The molecule has 0 aromatic heterocycles. The minimum absolute atomic E-state index is 0.115. The van der Waals surface area contributed by atoms with E-state index >= 15 is 0 Å². The van der Waals surface area contributed by atoms with Crippen molar-refractivity contribution in [2.75, 3.05) is 11.9 Å². The van der Waals surface area contributed by atoms with Crippen LogP contribution in [0.25, 0.3) is 0 Å². The number of hydrogen-bond acceptors (Lipinski definition) is 2. The summed E-state index contributed by atoms with van der Waals surface area (Å²) >= 11 is 6.08. The van der Waals surface area contributed by atoms with Crippen LogP contribution in [0.15, 0.2) is 42.5 Å². The molecule has 98 valence electrons. The van der Waals surface area contributed by atoms with Gasteiger partial charge in [-0.05, 0) is 24.3 Å². The summed E-state index contributed by atoms with van der Waals surface area (Å²) in [5.41, 5.74) is 3.14. The highest BCUT2D eigenvalue weighted by atomic mass is 35.5. The Hall–Kier alpha value is -2.24. The van der Waals surface area contributed by atoms with Gasteiger partial charge in [0.05, 0.1) is 11.3 Å². The van der Waals surface area contributed by atoms with Gasteiger partial charge in [0.15, 0.2) is 5.78 Å². The maximum absolute atomic E-state index is 11.9. The fourth-order valence-corrected chi connectivity index (χ4v) is 2.43. The molecule has 1 heterocycles. The van der Waals surface area contributed by atoms with Gasteiger partial charge in [0, 0.05) is 29.1 Å². The monoisotopic (exact) mass is 281 g/mol. The Morgan fingerprint density at radius 2 is 1.90 bits per heavy atom. The number of benzene rings is 2. The highest BCUT2D eigenvalue weighted by Gasteiger charge is 2.19. The van der Waals surface area contributed by atoms with E-state index in [1.807, 2.05) is 30.3 Å². The van der Waals surface area contributed by atoms with E-state index in [0.717, 1.165) is 16.8 Å². The molecule has 0 saturated heterocycles. The zero-order valence-electron chi connectivity index (χ0n) is 10.7. The first kappa shape index (κ1) is 12.8. The molecular formula is C17H12ClNO. The van der Waals surface area contributed by atoms with E-state index in [2.05, 4.69) is 17.2 Å². The molecule has 3 rings (SSSR count). The smallest absolute Gasteiger partial charge is 0.166 e. The van der Waals surface area contributed by atoms with Crippen molar-refractivity contribution in [3.63, 3.8) is 0 Å². The second kappa shape index (κ2) is 5.40. The van der Waals surface area contributed by atoms with Crippen LogP contribution in [0.4, 0.5) is 5.69 Å². The summed E-state index contributed by atoms with van der Waals surface area (Å²) in [5, 5.41) is 3.78. The number of fused-ring (bicyclic) bond motifs is 1. The molecule has 2 aromatic rings. The lowest BCUT2D eigenvalue weighted by molar-refractivity contribution is 0.0983. The van der Waals surface area contributed by atoms with Crippen LogP contribution in [0.1, 0.15) is 27.9 Å². The number of hydrogen-bond donors (Lipinski definition) is 1. The van der Waals surface area contributed by atoms with Gasteiger partial charge in [0.25, 0.3) is 0 Å². The zero-order valence-corrected chi connectivity index (χ0v) is 11.5. The predicted molar refractivity (Wildman–Crippen MR) is 81.3 cm³/mol. The van der Waals surface area contributed by atoms with E-state index in [1.54, 1.807) is 12.1 Å². The molecule has 0 fully saturated rings. The Morgan fingerprint density at radius 1 is 1.10 bits per heavy atom. The summed E-state index contributed by atoms with van der Waals surface area (Å²) in [6.07, 6.45) is 0.499. The van der Waals surface area contributed by atoms with Crippen molar-refractivity contribution in [2.24, 2.45) is 0 Å². The van der Waals surface area contributed by atoms with Crippen molar-refractivity contribution in [3.8, 4) is 11.8 Å². The SMILES string of the molecule is O=C1CCNc2c(C#Cc3ccccc3)cc(Cl)cc21. The molecule has 0 unspecified atom stereocenters. The summed E-state index contributed by atoms with van der Waals surface area (Å²) in [4.78, 5) is 11.9. The van der Waals surface area contributed by atoms with E-state index in [4.69, 9.17) is 11.6 Å². The lowest BCUT2D eigenvalue weighted by atomic mass is 9.98. The Kier molecular flexibility index (Phi) is 3.45. The molecule has 0 amide bonds. The van der Waals surface area contributed by atoms with Crippen molar-refractivity contribution in [2.45, 2.75) is 6.42 Å². The standard InChI is InChI=1S/C17H12ClNO/c18-14-10-13(7-6-12-4-2-1-3-5-12)17-15(11-14)16(20)8-9-19-17/h1-5,10-11,19H,8-9H2. The Balaban J connectivity index is 2.07. The maximum atomic E-state index is 11.9. The van der Waals surface area contributed by atoms with Crippen molar-refractivity contribution < 1.29 is 4.79 Å². The van der Waals surface area contributed by atoms with Crippen LogP contribution in [0.3, 0.4) is 0 Å². The lowest BCUT2D eigenvalue weighted by Gasteiger charge is -2.18. The highest BCUT2D eigenvalue weighted by molar-refractivity contribution is 6.31. The van der Waals surface area contributed by atoms with Crippen molar-refractivity contribution in [1.29, 1.82) is 0 Å². The maximum Gasteiger partial charge on any atom is 0.166 e. The number of ketones is 1. The largest absolute Gasteiger partial charge is 0.383 e. The van der Waals surface area contributed by atoms with Gasteiger partial charge in [-0.2, -0.15) is 0 Å². The first-order valence-electron chi connectivity index (χ1n) is 6.42. The van der Waals surface area contributed by atoms with Gasteiger partial charge in [-0.1, -0.05) is 41.6 Å². The third-order valence-electron chi connectivity index (χ3n) is 3.17. The Labute approximate surface area is 122 Å². The van der Waals surface area contributed by atoms with Gasteiger partial charge in [-0.3, -0.25) is 4.79 Å². The molecule has 0 saturated carbocycles. The lowest BCUT2D eigenvalue weighted by Crippen LogP contribution is -2.19. The van der Waals surface area contributed by atoms with Crippen LogP contribution in [0.2, 0.25) is 5.02 Å². The molecule has 20 heavy (non-hydrogen) atoms. The topological polar surface area (TPSA) is 29.1 Å². The molecule has 1 aliphatic rings. The number of nitrogens with one attached hydrogen (secondary N) is 1.